The highest BCUT2D eigenvalue weighted by Crippen LogP contribution is 2.19. The molecular formula is C19H21N. The minimum atomic E-state index is 0.163. The minimum Gasteiger partial charge on any atom is -0.281 e. The van der Waals surface area contributed by atoms with E-state index >= 15 is 0 Å². The molecular weight excluding hydrogens is 242 g/mol. The molecule has 0 amide bonds. The highest BCUT2D eigenvalue weighted by Gasteiger charge is 2.05. The maximum atomic E-state index is 4.79. The summed E-state index contributed by atoms with van der Waals surface area (Å²) in [6.45, 7) is 8.36. The average molecular weight is 263 g/mol. The lowest BCUT2D eigenvalue weighted by Gasteiger charge is -2.09. The molecule has 1 nitrogen and oxygen atoms in total. The van der Waals surface area contributed by atoms with E-state index in [0.717, 1.165) is 11.3 Å². The molecule has 0 saturated heterocycles. The van der Waals surface area contributed by atoms with Crippen LogP contribution in [0.1, 0.15) is 37.9 Å². The standard InChI is InChI=1S/C19H21N/c1-14-6-5-7-18(11-8-14)16(3)20-17(4)19-12-9-15(2)10-13-19/h5-6,8-13,17H,1-4H3. The molecule has 0 radical (unpaired) electrons. The molecule has 20 heavy (non-hydrogen) atoms. The van der Waals surface area contributed by atoms with E-state index < -0.39 is 0 Å². The van der Waals surface area contributed by atoms with E-state index in [1.165, 1.54) is 16.7 Å². The van der Waals surface area contributed by atoms with E-state index in [-0.39, 0.29) is 6.04 Å². The van der Waals surface area contributed by atoms with Gasteiger partial charge in [0.05, 0.1) is 6.04 Å². The molecule has 0 saturated carbocycles. The summed E-state index contributed by atoms with van der Waals surface area (Å²) in [5, 5.41) is 0. The van der Waals surface area contributed by atoms with Crippen LogP contribution in [0, 0.1) is 6.92 Å². The Balaban J connectivity index is 2.20. The summed E-state index contributed by atoms with van der Waals surface area (Å²) < 4.78 is 0. The third-order valence-corrected chi connectivity index (χ3v) is 3.43. The number of allylic oxidation sites excluding steroid dienone is 5. The average Bonchev–Trinajstić information content (AvgIpc) is 2.64. The maximum Gasteiger partial charge on any atom is 0.0724 e. The van der Waals surface area contributed by atoms with Crippen LogP contribution in [0.3, 0.4) is 0 Å². The van der Waals surface area contributed by atoms with Gasteiger partial charge in [0.1, 0.15) is 0 Å². The molecule has 1 aromatic carbocycles. The van der Waals surface area contributed by atoms with Crippen LogP contribution in [0.2, 0.25) is 0 Å². The van der Waals surface area contributed by atoms with Gasteiger partial charge in [-0.3, -0.25) is 4.99 Å². The van der Waals surface area contributed by atoms with Gasteiger partial charge in [-0.05, 0) is 45.4 Å². The van der Waals surface area contributed by atoms with Gasteiger partial charge in [-0.1, -0.05) is 47.6 Å². The second kappa shape index (κ2) is 6.36. The Morgan fingerprint density at radius 3 is 2.50 bits per heavy atom. The van der Waals surface area contributed by atoms with E-state index in [1.54, 1.807) is 0 Å². The molecule has 1 aromatic rings. The molecule has 0 heterocycles. The van der Waals surface area contributed by atoms with Crippen LogP contribution in [0.4, 0.5) is 0 Å². The van der Waals surface area contributed by atoms with Gasteiger partial charge < -0.3 is 0 Å². The van der Waals surface area contributed by atoms with E-state index in [1.807, 2.05) is 13.0 Å². The zero-order valence-electron chi connectivity index (χ0n) is 12.6. The van der Waals surface area contributed by atoms with Gasteiger partial charge in [0, 0.05) is 11.3 Å². The summed E-state index contributed by atoms with van der Waals surface area (Å²) in [4.78, 5) is 4.79. The fourth-order valence-electron chi connectivity index (χ4n) is 2.09. The number of hydrogen-bond acceptors (Lipinski definition) is 1. The van der Waals surface area contributed by atoms with Crippen LogP contribution < -0.4 is 0 Å². The highest BCUT2D eigenvalue weighted by atomic mass is 14.8. The molecule has 0 fully saturated rings. The first kappa shape index (κ1) is 14.3. The topological polar surface area (TPSA) is 12.4 Å². The van der Waals surface area contributed by atoms with Gasteiger partial charge in [0.2, 0.25) is 0 Å². The van der Waals surface area contributed by atoms with Crippen LogP contribution >= 0.6 is 0 Å². The molecule has 1 heteroatoms. The number of aliphatic imine (C=N–C) groups is 1. The smallest absolute Gasteiger partial charge is 0.0724 e. The largest absolute Gasteiger partial charge is 0.281 e. The molecule has 1 aliphatic carbocycles. The van der Waals surface area contributed by atoms with Crippen LogP contribution in [0.15, 0.2) is 70.4 Å². The molecule has 0 spiro atoms. The molecule has 0 aromatic heterocycles. The van der Waals surface area contributed by atoms with Crippen molar-refractivity contribution in [2.75, 3.05) is 0 Å². The summed E-state index contributed by atoms with van der Waals surface area (Å²) in [6.07, 6.45) is 8.19. The lowest BCUT2D eigenvalue weighted by molar-refractivity contribution is 0.819. The number of nitrogens with zero attached hydrogens (tertiary/aromatic N) is 1. The predicted molar refractivity (Wildman–Crippen MR) is 87.2 cm³/mol. The van der Waals surface area contributed by atoms with E-state index in [2.05, 4.69) is 69.0 Å². The highest BCUT2D eigenvalue weighted by molar-refractivity contribution is 6.00. The van der Waals surface area contributed by atoms with Gasteiger partial charge in [0.15, 0.2) is 0 Å². The molecule has 0 N–H and O–H groups in total. The van der Waals surface area contributed by atoms with Crippen molar-refractivity contribution < 1.29 is 0 Å². The second-order valence-electron chi connectivity index (χ2n) is 5.27. The van der Waals surface area contributed by atoms with Crippen molar-refractivity contribution in [3.8, 4) is 0 Å². The monoisotopic (exact) mass is 263 g/mol. The van der Waals surface area contributed by atoms with Crippen molar-refractivity contribution in [3.63, 3.8) is 0 Å². The fourth-order valence-corrected chi connectivity index (χ4v) is 2.09. The lowest BCUT2D eigenvalue weighted by Crippen LogP contribution is -1.99. The Bertz CT molecular complexity index is 633. The summed E-state index contributed by atoms with van der Waals surface area (Å²) in [6, 6.07) is 8.73. The summed E-state index contributed by atoms with van der Waals surface area (Å²) in [5.74, 6) is 0. The van der Waals surface area contributed by atoms with Crippen molar-refractivity contribution in [2.45, 2.75) is 33.7 Å². The molecule has 1 atom stereocenters. The molecule has 1 unspecified atom stereocenters. The maximum absolute atomic E-state index is 4.79. The molecule has 1 aliphatic rings. The van der Waals surface area contributed by atoms with Gasteiger partial charge in [-0.15, -0.1) is 5.73 Å². The second-order valence-corrected chi connectivity index (χ2v) is 5.27. The minimum absolute atomic E-state index is 0.163. The Labute approximate surface area is 121 Å². The Morgan fingerprint density at radius 1 is 1.10 bits per heavy atom. The number of benzene rings is 1. The predicted octanol–water partition coefficient (Wildman–Crippen LogP) is 5.11. The van der Waals surface area contributed by atoms with Crippen molar-refractivity contribution >= 4 is 5.71 Å². The van der Waals surface area contributed by atoms with Crippen LogP contribution in [0.25, 0.3) is 0 Å². The zero-order chi connectivity index (χ0) is 14.5. The van der Waals surface area contributed by atoms with Crippen LogP contribution in [-0.4, -0.2) is 5.71 Å². The van der Waals surface area contributed by atoms with E-state index in [4.69, 9.17) is 4.99 Å². The molecule has 0 aliphatic heterocycles. The van der Waals surface area contributed by atoms with Crippen molar-refractivity contribution in [1.82, 2.24) is 0 Å². The molecule has 0 bridgehead atoms. The van der Waals surface area contributed by atoms with E-state index in [9.17, 15) is 0 Å². The lowest BCUT2D eigenvalue weighted by atomic mass is 10.1. The van der Waals surface area contributed by atoms with Crippen molar-refractivity contribution in [2.24, 2.45) is 4.99 Å². The quantitative estimate of drug-likeness (QED) is 0.530. The summed E-state index contributed by atoms with van der Waals surface area (Å²) in [7, 11) is 0. The Morgan fingerprint density at radius 2 is 1.80 bits per heavy atom. The van der Waals surface area contributed by atoms with Crippen molar-refractivity contribution in [1.29, 1.82) is 0 Å². The summed E-state index contributed by atoms with van der Waals surface area (Å²) >= 11 is 0. The summed E-state index contributed by atoms with van der Waals surface area (Å²) in [5.41, 5.74) is 9.10. The first-order valence-electron chi connectivity index (χ1n) is 6.99. The molecule has 102 valence electrons. The number of hydrogen-bond donors (Lipinski definition) is 0. The van der Waals surface area contributed by atoms with Gasteiger partial charge in [-0.25, -0.2) is 0 Å². The number of rotatable bonds is 3. The van der Waals surface area contributed by atoms with Gasteiger partial charge >= 0.3 is 0 Å². The van der Waals surface area contributed by atoms with Gasteiger partial charge in [-0.2, -0.15) is 0 Å². The molecule has 2 rings (SSSR count). The first-order chi connectivity index (χ1) is 9.56. The van der Waals surface area contributed by atoms with Gasteiger partial charge in [0.25, 0.3) is 0 Å². The van der Waals surface area contributed by atoms with Crippen LogP contribution in [0.5, 0.6) is 0 Å². The van der Waals surface area contributed by atoms with E-state index in [0.29, 0.717) is 0 Å². The third-order valence-electron chi connectivity index (χ3n) is 3.43. The zero-order valence-corrected chi connectivity index (χ0v) is 12.6. The third kappa shape index (κ3) is 3.69. The Kier molecular flexibility index (Phi) is 4.55. The fraction of sp³-hybridized carbons (Fsp3) is 0.263. The SMILES string of the molecule is CC1=CC=C=C(C(C)=NC(C)c2ccc(C)cc2)C=C1. The first-order valence-corrected chi connectivity index (χ1v) is 6.99. The Hall–Kier alpha value is -2.11. The number of aryl methyl sites for hydroxylation is 1. The van der Waals surface area contributed by atoms with Crippen LogP contribution in [-0.2, 0) is 0 Å². The van der Waals surface area contributed by atoms with Crippen molar-refractivity contribution in [3.05, 3.63) is 76.6 Å². The normalized spacial score (nSPS) is 16.5.